The Balaban J connectivity index is 1.93. The van der Waals surface area contributed by atoms with E-state index in [0.717, 1.165) is 28.7 Å². The molecule has 1 aliphatic rings. The Labute approximate surface area is 189 Å². The third-order valence-corrected chi connectivity index (χ3v) is 5.61. The Morgan fingerprint density at radius 1 is 1.16 bits per heavy atom. The fraction of sp³-hybridized carbons (Fsp3) is 0.480. The van der Waals surface area contributed by atoms with Crippen molar-refractivity contribution in [2.75, 3.05) is 20.8 Å². The molecule has 1 aliphatic heterocycles. The number of aromatic nitrogens is 1. The molecule has 1 aromatic heterocycles. The highest BCUT2D eigenvalue weighted by molar-refractivity contribution is 5.71. The van der Waals surface area contributed by atoms with Gasteiger partial charge in [0.15, 0.2) is 0 Å². The predicted molar refractivity (Wildman–Crippen MR) is 121 cm³/mol. The lowest BCUT2D eigenvalue weighted by Crippen LogP contribution is -2.39. The molecule has 1 amide bonds. The summed E-state index contributed by atoms with van der Waals surface area (Å²) < 4.78 is 15.7. The number of carbonyl (C=O) groups excluding carboxylic acids is 2. The number of amides is 1. The van der Waals surface area contributed by atoms with Crippen molar-refractivity contribution >= 4 is 12.1 Å². The number of aryl methyl sites for hydroxylation is 1. The van der Waals surface area contributed by atoms with Gasteiger partial charge in [-0.05, 0) is 61.9 Å². The van der Waals surface area contributed by atoms with E-state index in [0.29, 0.717) is 19.0 Å². The second-order valence-corrected chi connectivity index (χ2v) is 9.10. The number of rotatable bonds is 5. The molecule has 172 valence electrons. The van der Waals surface area contributed by atoms with Gasteiger partial charge >= 0.3 is 12.1 Å². The molecule has 3 rings (SSSR count). The molecule has 0 radical (unpaired) electrons. The van der Waals surface area contributed by atoms with Crippen LogP contribution < -0.4 is 4.74 Å². The number of esters is 1. The van der Waals surface area contributed by atoms with Crippen LogP contribution in [0.5, 0.6) is 5.88 Å². The van der Waals surface area contributed by atoms with Crippen molar-refractivity contribution in [3.8, 4) is 5.88 Å². The summed E-state index contributed by atoms with van der Waals surface area (Å²) in [4.78, 5) is 30.9. The molecule has 2 aromatic rings. The Hall–Kier alpha value is -3.09. The van der Waals surface area contributed by atoms with Crippen molar-refractivity contribution in [3.63, 3.8) is 0 Å². The average Bonchev–Trinajstić information content (AvgIpc) is 2.75. The van der Waals surface area contributed by atoms with Crippen LogP contribution in [0.15, 0.2) is 30.5 Å². The molecule has 0 spiro atoms. The van der Waals surface area contributed by atoms with E-state index in [9.17, 15) is 9.59 Å². The molecule has 2 heterocycles. The first-order valence-corrected chi connectivity index (χ1v) is 10.8. The van der Waals surface area contributed by atoms with E-state index in [1.165, 1.54) is 12.7 Å². The van der Waals surface area contributed by atoms with Crippen molar-refractivity contribution in [2.45, 2.75) is 58.6 Å². The highest BCUT2D eigenvalue weighted by Gasteiger charge is 2.27. The topological polar surface area (TPSA) is 78.0 Å². The number of hydrogen-bond donors (Lipinski definition) is 0. The molecule has 1 unspecified atom stereocenters. The van der Waals surface area contributed by atoms with Gasteiger partial charge in [-0.3, -0.25) is 4.79 Å². The molecule has 0 saturated heterocycles. The minimum absolute atomic E-state index is 0.194. The van der Waals surface area contributed by atoms with Gasteiger partial charge in [0, 0.05) is 31.3 Å². The summed E-state index contributed by atoms with van der Waals surface area (Å²) in [5, 5.41) is 0. The van der Waals surface area contributed by atoms with E-state index in [2.05, 4.69) is 23.2 Å². The summed E-state index contributed by atoms with van der Waals surface area (Å²) in [6.07, 6.45) is 2.41. The highest BCUT2D eigenvalue weighted by Crippen LogP contribution is 2.34. The molecule has 0 aliphatic carbocycles. The van der Waals surface area contributed by atoms with Crippen molar-refractivity contribution in [1.82, 2.24) is 9.88 Å². The number of methoxy groups -OCH3 is 2. The highest BCUT2D eigenvalue weighted by atomic mass is 16.6. The molecule has 0 bridgehead atoms. The molecule has 0 fully saturated rings. The summed E-state index contributed by atoms with van der Waals surface area (Å²) in [5.74, 6) is 0.0166. The third-order valence-electron chi connectivity index (χ3n) is 5.61. The van der Waals surface area contributed by atoms with Gasteiger partial charge in [0.2, 0.25) is 5.88 Å². The second-order valence-electron chi connectivity index (χ2n) is 9.10. The van der Waals surface area contributed by atoms with Crippen LogP contribution in [-0.2, 0) is 27.2 Å². The van der Waals surface area contributed by atoms with E-state index < -0.39 is 5.60 Å². The summed E-state index contributed by atoms with van der Waals surface area (Å²) >= 11 is 0. The normalized spacial score (nSPS) is 14.4. The summed E-state index contributed by atoms with van der Waals surface area (Å²) in [7, 11) is 2.97. The smallest absolute Gasteiger partial charge is 0.410 e. The summed E-state index contributed by atoms with van der Waals surface area (Å²) in [6.45, 7) is 8.67. The molecule has 32 heavy (non-hydrogen) atoms. The van der Waals surface area contributed by atoms with Crippen LogP contribution in [0, 0.1) is 6.92 Å². The maximum atomic E-state index is 12.6. The standard InChI is InChI=1S/C25H32N2O5/c1-16-11-22(30-5)26-14-21(16)20(13-23(28)31-6)18-8-7-17-9-10-27(15-19(17)12-18)24(29)32-25(2,3)4/h7-8,11-12,14,20H,9-10,13,15H2,1-6H3. The summed E-state index contributed by atoms with van der Waals surface area (Å²) in [5.41, 5.74) is 4.64. The number of pyridine rings is 1. The number of ether oxygens (including phenoxy) is 3. The van der Waals surface area contributed by atoms with Crippen molar-refractivity contribution in [3.05, 3.63) is 58.3 Å². The van der Waals surface area contributed by atoms with E-state index in [4.69, 9.17) is 14.2 Å². The first kappa shape index (κ1) is 23.6. The summed E-state index contributed by atoms with van der Waals surface area (Å²) in [6, 6.07) is 8.10. The maximum Gasteiger partial charge on any atom is 0.410 e. The molecule has 7 heteroatoms. The molecule has 1 aromatic carbocycles. The fourth-order valence-electron chi connectivity index (χ4n) is 3.95. The van der Waals surface area contributed by atoms with Gasteiger partial charge in [0.05, 0.1) is 20.6 Å². The monoisotopic (exact) mass is 440 g/mol. The van der Waals surface area contributed by atoms with Gasteiger partial charge in [-0.15, -0.1) is 0 Å². The lowest BCUT2D eigenvalue weighted by Gasteiger charge is -2.32. The van der Waals surface area contributed by atoms with Gasteiger partial charge < -0.3 is 19.1 Å². The quantitative estimate of drug-likeness (QED) is 0.642. The van der Waals surface area contributed by atoms with Crippen LogP contribution >= 0.6 is 0 Å². The van der Waals surface area contributed by atoms with Gasteiger partial charge in [-0.25, -0.2) is 9.78 Å². The largest absolute Gasteiger partial charge is 0.481 e. The van der Waals surface area contributed by atoms with Crippen LogP contribution in [0.3, 0.4) is 0 Å². The van der Waals surface area contributed by atoms with E-state index in [-0.39, 0.29) is 24.4 Å². The van der Waals surface area contributed by atoms with Crippen LogP contribution in [0.25, 0.3) is 0 Å². The van der Waals surface area contributed by atoms with E-state index in [1.807, 2.05) is 33.8 Å². The van der Waals surface area contributed by atoms with Gasteiger partial charge in [0.1, 0.15) is 5.60 Å². The number of nitrogens with zero attached hydrogens (tertiary/aromatic N) is 2. The third kappa shape index (κ3) is 5.58. The lowest BCUT2D eigenvalue weighted by molar-refractivity contribution is -0.140. The molecule has 0 saturated carbocycles. The Bertz CT molecular complexity index is 996. The average molecular weight is 441 g/mol. The van der Waals surface area contributed by atoms with E-state index in [1.54, 1.807) is 18.2 Å². The van der Waals surface area contributed by atoms with Gasteiger partial charge in [-0.1, -0.05) is 18.2 Å². The van der Waals surface area contributed by atoms with Gasteiger partial charge in [-0.2, -0.15) is 0 Å². The zero-order valence-electron chi connectivity index (χ0n) is 19.7. The van der Waals surface area contributed by atoms with Crippen molar-refractivity contribution in [2.24, 2.45) is 0 Å². The molecular weight excluding hydrogens is 408 g/mol. The van der Waals surface area contributed by atoms with Crippen molar-refractivity contribution in [1.29, 1.82) is 0 Å². The lowest BCUT2D eigenvalue weighted by atomic mass is 9.84. The van der Waals surface area contributed by atoms with Crippen LogP contribution in [-0.4, -0.2) is 48.3 Å². The fourth-order valence-corrected chi connectivity index (χ4v) is 3.95. The minimum Gasteiger partial charge on any atom is -0.481 e. The zero-order chi connectivity index (χ0) is 23.5. The van der Waals surface area contributed by atoms with Crippen LogP contribution in [0.2, 0.25) is 0 Å². The first-order valence-electron chi connectivity index (χ1n) is 10.8. The minimum atomic E-state index is -0.538. The second kappa shape index (κ2) is 9.59. The Morgan fingerprint density at radius 3 is 2.53 bits per heavy atom. The SMILES string of the molecule is COC(=O)CC(c1ccc2c(c1)CN(C(=O)OC(C)(C)C)CC2)c1cnc(OC)cc1C. The molecular formula is C25H32N2O5. The number of fused-ring (bicyclic) bond motifs is 1. The van der Waals surface area contributed by atoms with Crippen LogP contribution in [0.4, 0.5) is 4.79 Å². The molecule has 7 nitrogen and oxygen atoms in total. The Morgan fingerprint density at radius 2 is 1.91 bits per heavy atom. The van der Waals surface area contributed by atoms with Gasteiger partial charge in [0.25, 0.3) is 0 Å². The van der Waals surface area contributed by atoms with E-state index >= 15 is 0 Å². The molecule has 0 N–H and O–H groups in total. The van der Waals surface area contributed by atoms with Crippen molar-refractivity contribution < 1.29 is 23.8 Å². The molecule has 1 atom stereocenters. The predicted octanol–water partition coefficient (Wildman–Crippen LogP) is 4.39. The zero-order valence-corrected chi connectivity index (χ0v) is 19.7. The number of benzene rings is 1. The first-order chi connectivity index (χ1) is 15.1. The van der Waals surface area contributed by atoms with Crippen LogP contribution in [0.1, 0.15) is 60.9 Å². The maximum absolute atomic E-state index is 12.6. The number of hydrogen-bond acceptors (Lipinski definition) is 6. The number of carbonyl (C=O) groups is 2. The Kier molecular flexibility index (Phi) is 7.06.